The van der Waals surface area contributed by atoms with Crippen molar-refractivity contribution in [1.29, 1.82) is 0 Å². The average molecular weight is 293 g/mol. The van der Waals surface area contributed by atoms with Gasteiger partial charge in [-0.3, -0.25) is 19.3 Å². The molecule has 0 aromatic heterocycles. The Morgan fingerprint density at radius 3 is 2.10 bits per heavy atom. The van der Waals surface area contributed by atoms with Crippen LogP contribution in [0.5, 0.6) is 0 Å². The van der Waals surface area contributed by atoms with Gasteiger partial charge in [0.1, 0.15) is 18.2 Å². The number of epoxide rings is 1. The predicted molar refractivity (Wildman–Crippen MR) is 65.0 cm³/mol. The molecule has 8 heteroatoms. The normalized spacial score (nSPS) is 27.5. The molecule has 110 valence electrons. The first kappa shape index (κ1) is 13.5. The van der Waals surface area contributed by atoms with E-state index in [-0.39, 0.29) is 29.8 Å². The minimum Gasteiger partial charge on any atom is -0.481 e. The van der Waals surface area contributed by atoms with E-state index >= 15 is 0 Å². The second kappa shape index (κ2) is 4.52. The Morgan fingerprint density at radius 1 is 1.14 bits per heavy atom. The highest BCUT2D eigenvalue weighted by atomic mass is 16.6. The van der Waals surface area contributed by atoms with Crippen molar-refractivity contribution in [1.82, 2.24) is 4.90 Å². The van der Waals surface area contributed by atoms with Crippen molar-refractivity contribution in [2.24, 2.45) is 0 Å². The number of amides is 2. The number of aliphatic carboxylic acids is 2. The van der Waals surface area contributed by atoms with E-state index in [9.17, 15) is 24.3 Å². The highest BCUT2D eigenvalue weighted by Gasteiger charge is 2.51. The number of carboxylic acids is 2. The van der Waals surface area contributed by atoms with Crippen molar-refractivity contribution in [2.45, 2.75) is 31.1 Å². The highest BCUT2D eigenvalue weighted by molar-refractivity contribution is 6.26. The Bertz CT molecular complexity index is 596. The van der Waals surface area contributed by atoms with Crippen molar-refractivity contribution in [2.75, 3.05) is 0 Å². The van der Waals surface area contributed by atoms with Crippen LogP contribution >= 0.6 is 0 Å². The number of rotatable bonds is 5. The number of imide groups is 1. The molecular weight excluding hydrogens is 282 g/mol. The molecule has 2 fully saturated rings. The molecule has 0 bridgehead atoms. The van der Waals surface area contributed by atoms with E-state index in [4.69, 9.17) is 9.84 Å². The summed E-state index contributed by atoms with van der Waals surface area (Å²) in [6.45, 7) is 0. The van der Waals surface area contributed by atoms with Crippen molar-refractivity contribution < 1.29 is 34.1 Å². The van der Waals surface area contributed by atoms with Crippen LogP contribution in [-0.4, -0.2) is 57.1 Å². The van der Waals surface area contributed by atoms with Crippen LogP contribution < -0.4 is 0 Å². The summed E-state index contributed by atoms with van der Waals surface area (Å²) in [6.07, 6.45) is 1.78. The van der Waals surface area contributed by atoms with Crippen LogP contribution in [0.3, 0.4) is 0 Å². The Labute approximate surface area is 118 Å². The van der Waals surface area contributed by atoms with E-state index in [2.05, 4.69) is 0 Å². The number of fused-ring (bicyclic) bond motifs is 2. The Morgan fingerprint density at radius 2 is 1.67 bits per heavy atom. The lowest BCUT2D eigenvalue weighted by molar-refractivity contribution is -0.154. The van der Waals surface area contributed by atoms with Crippen LogP contribution in [0.25, 0.3) is 0 Å². The van der Waals surface area contributed by atoms with Crippen molar-refractivity contribution in [3.8, 4) is 0 Å². The van der Waals surface area contributed by atoms with E-state index in [1.807, 2.05) is 0 Å². The summed E-state index contributed by atoms with van der Waals surface area (Å²) in [5, 5.41) is 17.8. The molecule has 0 spiro atoms. The van der Waals surface area contributed by atoms with Gasteiger partial charge >= 0.3 is 11.9 Å². The Balaban J connectivity index is 1.89. The van der Waals surface area contributed by atoms with Gasteiger partial charge in [-0.05, 0) is 18.6 Å². The summed E-state index contributed by atoms with van der Waals surface area (Å²) in [7, 11) is 0. The monoisotopic (exact) mass is 293 g/mol. The third kappa shape index (κ3) is 2.13. The van der Waals surface area contributed by atoms with E-state index < -0.39 is 36.2 Å². The van der Waals surface area contributed by atoms with Crippen molar-refractivity contribution in [3.05, 3.63) is 23.3 Å². The van der Waals surface area contributed by atoms with Crippen LogP contribution in [-0.2, 0) is 23.9 Å². The summed E-state index contributed by atoms with van der Waals surface area (Å²) in [6, 6.07) is -1.48. The van der Waals surface area contributed by atoms with Gasteiger partial charge in [0.25, 0.3) is 11.8 Å². The first-order chi connectivity index (χ1) is 9.90. The quantitative estimate of drug-likeness (QED) is 0.507. The van der Waals surface area contributed by atoms with Gasteiger partial charge in [-0.2, -0.15) is 0 Å². The number of ether oxygens (including phenoxy) is 1. The molecule has 2 heterocycles. The maximum Gasteiger partial charge on any atom is 0.326 e. The zero-order valence-corrected chi connectivity index (χ0v) is 10.7. The SMILES string of the molecule is O=C(O)CCC(C(=O)O)N1C(=O)C2=CC3OC3C=C2C1=O. The summed E-state index contributed by atoms with van der Waals surface area (Å²) in [4.78, 5) is 47.0. The smallest absolute Gasteiger partial charge is 0.326 e. The second-order valence-corrected chi connectivity index (χ2v) is 4.99. The maximum absolute atomic E-state index is 12.2. The molecule has 3 atom stereocenters. The first-order valence-electron chi connectivity index (χ1n) is 6.32. The van der Waals surface area contributed by atoms with Crippen LogP contribution in [0.15, 0.2) is 23.3 Å². The lowest BCUT2D eigenvalue weighted by Gasteiger charge is -2.21. The van der Waals surface area contributed by atoms with Gasteiger partial charge in [0.05, 0.1) is 11.1 Å². The molecule has 3 rings (SSSR count). The number of hydrogen-bond donors (Lipinski definition) is 2. The zero-order valence-electron chi connectivity index (χ0n) is 10.7. The number of likely N-dealkylation sites (tertiary alicyclic amines) is 1. The number of carboxylic acid groups (broad SMARTS) is 2. The van der Waals surface area contributed by atoms with Crippen LogP contribution in [0.2, 0.25) is 0 Å². The predicted octanol–water partition coefficient (Wildman–Crippen LogP) is -0.693. The lowest BCUT2D eigenvalue weighted by atomic mass is 10.0. The number of nitrogens with zero attached hydrogens (tertiary/aromatic N) is 1. The summed E-state index contributed by atoms with van der Waals surface area (Å²) in [5.74, 6) is -4.01. The number of carbonyl (C=O) groups is 4. The van der Waals surface area contributed by atoms with E-state index in [0.29, 0.717) is 4.90 Å². The van der Waals surface area contributed by atoms with Gasteiger partial charge in [0.15, 0.2) is 0 Å². The minimum absolute atomic E-state index is 0.139. The third-order valence-electron chi connectivity index (χ3n) is 3.64. The molecule has 2 saturated heterocycles. The second-order valence-electron chi connectivity index (χ2n) is 4.99. The van der Waals surface area contributed by atoms with Gasteiger partial charge < -0.3 is 14.9 Å². The lowest BCUT2D eigenvalue weighted by Crippen LogP contribution is -2.45. The Hall–Kier alpha value is -2.48. The number of carbonyl (C=O) groups excluding carboxylic acids is 2. The van der Waals surface area contributed by atoms with Gasteiger partial charge in [-0.1, -0.05) is 0 Å². The molecule has 2 N–H and O–H groups in total. The molecule has 0 saturated carbocycles. The van der Waals surface area contributed by atoms with E-state index in [0.717, 1.165) is 0 Å². The fourth-order valence-corrected chi connectivity index (χ4v) is 2.54. The minimum atomic E-state index is -1.48. The maximum atomic E-state index is 12.2. The molecule has 2 aliphatic heterocycles. The van der Waals surface area contributed by atoms with E-state index in [1.165, 1.54) is 12.2 Å². The molecule has 21 heavy (non-hydrogen) atoms. The Kier molecular flexibility index (Phi) is 2.91. The summed E-state index contributed by atoms with van der Waals surface area (Å²) in [5.41, 5.74) is 0.278. The fourth-order valence-electron chi connectivity index (χ4n) is 2.54. The first-order valence-corrected chi connectivity index (χ1v) is 6.32. The van der Waals surface area contributed by atoms with Crippen LogP contribution in [0.4, 0.5) is 0 Å². The molecule has 1 aliphatic carbocycles. The van der Waals surface area contributed by atoms with Gasteiger partial charge in [0, 0.05) is 6.42 Å². The summed E-state index contributed by atoms with van der Waals surface area (Å²) < 4.78 is 5.16. The topological polar surface area (TPSA) is 125 Å². The highest BCUT2D eigenvalue weighted by Crippen LogP contribution is 2.39. The molecular formula is C13H11NO7. The zero-order chi connectivity index (χ0) is 15.3. The average Bonchev–Trinajstić information content (AvgIpc) is 3.13. The molecule has 0 aromatic rings. The number of hydrogen-bond acceptors (Lipinski definition) is 5. The molecule has 0 aromatic carbocycles. The van der Waals surface area contributed by atoms with E-state index in [1.54, 1.807) is 0 Å². The summed E-state index contributed by atoms with van der Waals surface area (Å²) >= 11 is 0. The van der Waals surface area contributed by atoms with Gasteiger partial charge in [-0.25, -0.2) is 4.79 Å². The standard InChI is InChI=1S/C13H11NO7/c15-10(16)2-1-7(13(19)20)14-11(17)5-3-8-9(21-8)4-6(5)12(14)18/h3-4,7-9H,1-2H2,(H,15,16)(H,19,20). The third-order valence-corrected chi connectivity index (χ3v) is 3.64. The molecule has 8 nitrogen and oxygen atoms in total. The molecule has 0 radical (unpaired) electrons. The largest absolute Gasteiger partial charge is 0.481 e. The van der Waals surface area contributed by atoms with Crippen molar-refractivity contribution >= 4 is 23.8 Å². The fraction of sp³-hybridized carbons (Fsp3) is 0.385. The van der Waals surface area contributed by atoms with Crippen molar-refractivity contribution in [3.63, 3.8) is 0 Å². The van der Waals surface area contributed by atoms with Gasteiger partial charge in [0.2, 0.25) is 0 Å². The van der Waals surface area contributed by atoms with Crippen LogP contribution in [0.1, 0.15) is 12.8 Å². The molecule has 3 aliphatic rings. The molecule has 2 amide bonds. The van der Waals surface area contributed by atoms with Gasteiger partial charge in [-0.15, -0.1) is 0 Å². The van der Waals surface area contributed by atoms with Crippen LogP contribution in [0, 0.1) is 0 Å². The molecule has 3 unspecified atom stereocenters.